The molecule has 1 amide bonds. The Morgan fingerprint density at radius 2 is 2.14 bits per heavy atom. The molecule has 0 spiro atoms. The number of carbonyl (C=O) groups excluding carboxylic acids is 1. The number of rotatable bonds is 5. The molecule has 0 aliphatic rings. The maximum atomic E-state index is 12.1. The van der Waals surface area contributed by atoms with Crippen molar-refractivity contribution in [1.82, 2.24) is 15.3 Å². The van der Waals surface area contributed by atoms with Crippen LogP contribution in [-0.2, 0) is 0 Å². The molecule has 1 aromatic carbocycles. The van der Waals surface area contributed by atoms with Crippen LogP contribution < -0.4 is 10.6 Å². The Bertz CT molecular complexity index is 675. The van der Waals surface area contributed by atoms with Gasteiger partial charge in [-0.05, 0) is 50.1 Å². The standard InChI is InChI=1S/C16H19BrN4O/c1-4-11(3)19-15(22)14-7-8-18-16(21-14)20-12-5-6-13(17)10(2)9-12/h5-9,11H,4H2,1-3H3,(H,19,22)(H,18,20,21). The molecule has 0 saturated carbocycles. The normalized spacial score (nSPS) is 11.8. The van der Waals surface area contributed by atoms with Gasteiger partial charge in [0.2, 0.25) is 5.95 Å². The fourth-order valence-corrected chi connectivity index (χ4v) is 2.04. The van der Waals surface area contributed by atoms with Gasteiger partial charge in [0.05, 0.1) is 0 Å². The molecule has 0 aliphatic carbocycles. The number of anilines is 2. The van der Waals surface area contributed by atoms with E-state index in [9.17, 15) is 4.79 Å². The molecular weight excluding hydrogens is 344 g/mol. The third kappa shape index (κ3) is 4.27. The Balaban J connectivity index is 2.14. The number of hydrogen-bond acceptors (Lipinski definition) is 4. The van der Waals surface area contributed by atoms with Gasteiger partial charge in [0, 0.05) is 22.4 Å². The number of carbonyl (C=O) groups is 1. The van der Waals surface area contributed by atoms with Crippen molar-refractivity contribution < 1.29 is 4.79 Å². The van der Waals surface area contributed by atoms with Crippen LogP contribution in [0, 0.1) is 6.92 Å². The van der Waals surface area contributed by atoms with Crippen molar-refractivity contribution in [3.8, 4) is 0 Å². The van der Waals surface area contributed by atoms with Crippen molar-refractivity contribution in [1.29, 1.82) is 0 Å². The number of nitrogens with zero attached hydrogens (tertiary/aromatic N) is 2. The smallest absolute Gasteiger partial charge is 0.270 e. The van der Waals surface area contributed by atoms with E-state index >= 15 is 0 Å². The molecule has 1 unspecified atom stereocenters. The molecule has 2 aromatic rings. The summed E-state index contributed by atoms with van der Waals surface area (Å²) in [6.07, 6.45) is 2.45. The number of amides is 1. The lowest BCUT2D eigenvalue weighted by Gasteiger charge is -2.11. The molecule has 2 rings (SSSR count). The minimum atomic E-state index is -0.188. The van der Waals surface area contributed by atoms with Crippen LogP contribution in [0.1, 0.15) is 36.3 Å². The van der Waals surface area contributed by atoms with Crippen molar-refractivity contribution in [2.45, 2.75) is 33.2 Å². The molecular formula is C16H19BrN4O. The number of aromatic nitrogens is 2. The van der Waals surface area contributed by atoms with Crippen molar-refractivity contribution in [3.05, 3.63) is 46.2 Å². The quantitative estimate of drug-likeness (QED) is 0.848. The second kappa shape index (κ2) is 7.35. The highest BCUT2D eigenvalue weighted by atomic mass is 79.9. The molecule has 1 heterocycles. The van der Waals surface area contributed by atoms with E-state index in [1.807, 2.05) is 39.0 Å². The summed E-state index contributed by atoms with van der Waals surface area (Å²) < 4.78 is 1.04. The third-order valence-corrected chi connectivity index (χ3v) is 4.18. The van der Waals surface area contributed by atoms with E-state index in [1.165, 1.54) is 0 Å². The average molecular weight is 363 g/mol. The van der Waals surface area contributed by atoms with Crippen LogP contribution in [0.25, 0.3) is 0 Å². The monoisotopic (exact) mass is 362 g/mol. The van der Waals surface area contributed by atoms with E-state index in [0.717, 1.165) is 22.1 Å². The van der Waals surface area contributed by atoms with Gasteiger partial charge in [-0.15, -0.1) is 0 Å². The first-order chi connectivity index (χ1) is 10.5. The molecule has 22 heavy (non-hydrogen) atoms. The molecule has 0 bridgehead atoms. The van der Waals surface area contributed by atoms with E-state index in [2.05, 4.69) is 36.5 Å². The van der Waals surface area contributed by atoms with Gasteiger partial charge in [-0.25, -0.2) is 9.97 Å². The Labute approximate surface area is 138 Å². The van der Waals surface area contributed by atoms with E-state index in [-0.39, 0.29) is 11.9 Å². The molecule has 116 valence electrons. The van der Waals surface area contributed by atoms with E-state index in [4.69, 9.17) is 0 Å². The Hall–Kier alpha value is -1.95. The predicted molar refractivity (Wildman–Crippen MR) is 91.4 cm³/mol. The topological polar surface area (TPSA) is 66.9 Å². The van der Waals surface area contributed by atoms with E-state index in [1.54, 1.807) is 12.3 Å². The largest absolute Gasteiger partial charge is 0.348 e. The Kier molecular flexibility index (Phi) is 5.49. The molecule has 1 aromatic heterocycles. The third-order valence-electron chi connectivity index (χ3n) is 3.29. The summed E-state index contributed by atoms with van der Waals surface area (Å²) in [6, 6.07) is 7.59. The lowest BCUT2D eigenvalue weighted by Crippen LogP contribution is -2.32. The van der Waals surface area contributed by atoms with Gasteiger partial charge in [0.15, 0.2) is 0 Å². The molecule has 0 aliphatic heterocycles. The lowest BCUT2D eigenvalue weighted by molar-refractivity contribution is 0.0934. The Morgan fingerprint density at radius 3 is 2.82 bits per heavy atom. The highest BCUT2D eigenvalue weighted by Crippen LogP contribution is 2.21. The van der Waals surface area contributed by atoms with Gasteiger partial charge in [-0.1, -0.05) is 22.9 Å². The molecule has 6 heteroatoms. The highest BCUT2D eigenvalue weighted by molar-refractivity contribution is 9.10. The van der Waals surface area contributed by atoms with Gasteiger partial charge >= 0.3 is 0 Å². The van der Waals surface area contributed by atoms with Crippen molar-refractivity contribution in [3.63, 3.8) is 0 Å². The zero-order chi connectivity index (χ0) is 16.1. The Morgan fingerprint density at radius 1 is 1.36 bits per heavy atom. The fourth-order valence-electron chi connectivity index (χ4n) is 1.80. The first-order valence-electron chi connectivity index (χ1n) is 7.16. The lowest BCUT2D eigenvalue weighted by atomic mass is 10.2. The van der Waals surface area contributed by atoms with Crippen molar-refractivity contribution in [2.24, 2.45) is 0 Å². The molecule has 0 saturated heterocycles. The molecule has 0 fully saturated rings. The molecule has 0 radical (unpaired) electrons. The van der Waals surface area contributed by atoms with E-state index < -0.39 is 0 Å². The van der Waals surface area contributed by atoms with Gasteiger partial charge in [-0.2, -0.15) is 0 Å². The first-order valence-corrected chi connectivity index (χ1v) is 7.96. The number of nitrogens with one attached hydrogen (secondary N) is 2. The van der Waals surface area contributed by atoms with Crippen LogP contribution in [0.2, 0.25) is 0 Å². The number of aryl methyl sites for hydroxylation is 1. The van der Waals surface area contributed by atoms with Crippen LogP contribution in [-0.4, -0.2) is 21.9 Å². The second-order valence-electron chi connectivity index (χ2n) is 5.14. The van der Waals surface area contributed by atoms with Crippen LogP contribution in [0.3, 0.4) is 0 Å². The van der Waals surface area contributed by atoms with Gasteiger partial charge in [0.25, 0.3) is 5.91 Å². The van der Waals surface area contributed by atoms with Crippen LogP contribution in [0.15, 0.2) is 34.9 Å². The van der Waals surface area contributed by atoms with Crippen LogP contribution in [0.4, 0.5) is 11.6 Å². The maximum absolute atomic E-state index is 12.1. The zero-order valence-electron chi connectivity index (χ0n) is 12.9. The maximum Gasteiger partial charge on any atom is 0.270 e. The van der Waals surface area contributed by atoms with Crippen LogP contribution in [0.5, 0.6) is 0 Å². The van der Waals surface area contributed by atoms with Gasteiger partial charge in [-0.3, -0.25) is 4.79 Å². The SMILES string of the molecule is CCC(C)NC(=O)c1ccnc(Nc2ccc(Br)c(C)c2)n1. The summed E-state index contributed by atoms with van der Waals surface area (Å²) in [7, 11) is 0. The minimum absolute atomic E-state index is 0.119. The van der Waals surface area contributed by atoms with Crippen molar-refractivity contribution in [2.75, 3.05) is 5.32 Å². The number of hydrogen-bond donors (Lipinski definition) is 2. The summed E-state index contributed by atoms with van der Waals surface area (Å²) in [6.45, 7) is 5.99. The molecule has 2 N–H and O–H groups in total. The summed E-state index contributed by atoms with van der Waals surface area (Å²) in [4.78, 5) is 20.5. The molecule has 1 atom stereocenters. The predicted octanol–water partition coefficient (Wildman–Crippen LogP) is 3.82. The summed E-state index contributed by atoms with van der Waals surface area (Å²) in [5.41, 5.74) is 2.34. The average Bonchev–Trinajstić information content (AvgIpc) is 2.51. The number of halogens is 1. The number of benzene rings is 1. The van der Waals surface area contributed by atoms with Gasteiger partial charge < -0.3 is 10.6 Å². The van der Waals surface area contributed by atoms with Crippen LogP contribution >= 0.6 is 15.9 Å². The fraction of sp³-hybridized carbons (Fsp3) is 0.312. The van der Waals surface area contributed by atoms with E-state index in [0.29, 0.717) is 11.6 Å². The first kappa shape index (κ1) is 16.4. The van der Waals surface area contributed by atoms with Crippen molar-refractivity contribution >= 4 is 33.5 Å². The summed E-state index contributed by atoms with van der Waals surface area (Å²) in [5, 5.41) is 6.00. The highest BCUT2D eigenvalue weighted by Gasteiger charge is 2.11. The minimum Gasteiger partial charge on any atom is -0.348 e. The molecule has 5 nitrogen and oxygen atoms in total. The summed E-state index contributed by atoms with van der Waals surface area (Å²) in [5.74, 6) is 0.213. The van der Waals surface area contributed by atoms with Gasteiger partial charge in [0.1, 0.15) is 5.69 Å². The zero-order valence-corrected chi connectivity index (χ0v) is 14.4. The second-order valence-corrected chi connectivity index (χ2v) is 5.99. The summed E-state index contributed by atoms with van der Waals surface area (Å²) >= 11 is 3.46.